The lowest BCUT2D eigenvalue weighted by atomic mass is 10.0. The van der Waals surface area contributed by atoms with E-state index in [4.69, 9.17) is 0 Å². The van der Waals surface area contributed by atoms with Crippen molar-refractivity contribution in [1.29, 1.82) is 0 Å². The average Bonchev–Trinajstić information content (AvgIpc) is 2.77. The van der Waals surface area contributed by atoms with E-state index in [-0.39, 0.29) is 0 Å². The second kappa shape index (κ2) is 4.58. The van der Waals surface area contributed by atoms with Crippen molar-refractivity contribution in [3.05, 3.63) is 40.9 Å². The first-order valence-electron chi connectivity index (χ1n) is 5.21. The molecule has 1 heterocycles. The van der Waals surface area contributed by atoms with E-state index in [0.29, 0.717) is 11.6 Å². The van der Waals surface area contributed by atoms with Crippen LogP contribution in [0.3, 0.4) is 0 Å². The van der Waals surface area contributed by atoms with Gasteiger partial charge in [0, 0.05) is 10.9 Å². The zero-order chi connectivity index (χ0) is 11.5. The van der Waals surface area contributed by atoms with Crippen LogP contribution in [0.2, 0.25) is 0 Å². The summed E-state index contributed by atoms with van der Waals surface area (Å²) in [6, 6.07) is 8.34. The Balaban J connectivity index is 2.30. The summed E-state index contributed by atoms with van der Waals surface area (Å²) in [7, 11) is 0. The molecule has 2 aromatic rings. The Morgan fingerprint density at radius 1 is 1.25 bits per heavy atom. The number of nitrogens with zero attached hydrogens (tertiary/aromatic N) is 1. The average molecular weight is 231 g/mol. The van der Waals surface area contributed by atoms with Crippen LogP contribution in [0.5, 0.6) is 0 Å². The number of rotatable bonds is 3. The highest BCUT2D eigenvalue weighted by Gasteiger charge is 2.05. The summed E-state index contributed by atoms with van der Waals surface area (Å²) >= 11 is 1.50. The molecular formula is C13H13NOS. The Morgan fingerprint density at radius 2 is 1.94 bits per heavy atom. The van der Waals surface area contributed by atoms with E-state index in [2.05, 4.69) is 43.1 Å². The van der Waals surface area contributed by atoms with E-state index in [1.807, 2.05) is 0 Å². The van der Waals surface area contributed by atoms with Gasteiger partial charge in [0.2, 0.25) is 0 Å². The molecule has 82 valence electrons. The zero-order valence-electron chi connectivity index (χ0n) is 9.31. The molecule has 0 aliphatic carbocycles. The van der Waals surface area contributed by atoms with Crippen LogP contribution in [-0.4, -0.2) is 11.3 Å². The lowest BCUT2D eigenvalue weighted by Crippen LogP contribution is -1.86. The Morgan fingerprint density at radius 3 is 2.44 bits per heavy atom. The lowest BCUT2D eigenvalue weighted by molar-refractivity contribution is 0.111. The summed E-state index contributed by atoms with van der Waals surface area (Å²) in [5, 5.41) is 2.68. The molecule has 0 spiro atoms. The fraction of sp³-hybridized carbons (Fsp3) is 0.231. The highest BCUT2D eigenvalue weighted by molar-refractivity contribution is 7.13. The van der Waals surface area contributed by atoms with Gasteiger partial charge in [0.25, 0.3) is 0 Å². The molecule has 1 aromatic carbocycles. The van der Waals surface area contributed by atoms with Crippen LogP contribution in [0.4, 0.5) is 0 Å². The first-order valence-corrected chi connectivity index (χ1v) is 6.09. The molecule has 0 unspecified atom stereocenters. The summed E-state index contributed by atoms with van der Waals surface area (Å²) in [4.78, 5) is 14.8. The normalized spacial score (nSPS) is 10.7. The van der Waals surface area contributed by atoms with E-state index in [9.17, 15) is 4.79 Å². The molecule has 0 aliphatic heterocycles. The van der Waals surface area contributed by atoms with Crippen molar-refractivity contribution in [1.82, 2.24) is 4.98 Å². The van der Waals surface area contributed by atoms with Crippen molar-refractivity contribution in [3.63, 3.8) is 0 Å². The molecule has 2 rings (SSSR count). The number of thiazole rings is 1. The van der Waals surface area contributed by atoms with E-state index in [1.165, 1.54) is 16.9 Å². The molecule has 2 nitrogen and oxygen atoms in total. The van der Waals surface area contributed by atoms with Crippen LogP contribution < -0.4 is 0 Å². The monoisotopic (exact) mass is 231 g/mol. The Kier molecular flexibility index (Phi) is 3.15. The smallest absolute Gasteiger partial charge is 0.169 e. The molecule has 0 atom stereocenters. The molecular weight excluding hydrogens is 218 g/mol. The van der Waals surface area contributed by atoms with Gasteiger partial charge in [0.05, 0.1) is 0 Å². The number of aromatic nitrogens is 1. The predicted molar refractivity (Wildman–Crippen MR) is 67.0 cm³/mol. The van der Waals surface area contributed by atoms with Gasteiger partial charge >= 0.3 is 0 Å². The van der Waals surface area contributed by atoms with Crippen molar-refractivity contribution in [2.45, 2.75) is 19.8 Å². The minimum absolute atomic E-state index is 0.507. The largest absolute Gasteiger partial charge is 0.296 e. The van der Waals surface area contributed by atoms with Gasteiger partial charge < -0.3 is 0 Å². The van der Waals surface area contributed by atoms with Crippen molar-refractivity contribution in [3.8, 4) is 10.6 Å². The van der Waals surface area contributed by atoms with E-state index in [0.717, 1.165) is 16.9 Å². The van der Waals surface area contributed by atoms with Gasteiger partial charge in [-0.05, 0) is 11.5 Å². The maximum absolute atomic E-state index is 10.5. The molecule has 0 saturated heterocycles. The zero-order valence-corrected chi connectivity index (χ0v) is 10.1. The number of aldehydes is 1. The minimum Gasteiger partial charge on any atom is -0.296 e. The van der Waals surface area contributed by atoms with E-state index >= 15 is 0 Å². The highest BCUT2D eigenvalue weighted by atomic mass is 32.1. The maximum atomic E-state index is 10.5. The van der Waals surface area contributed by atoms with Gasteiger partial charge in [-0.1, -0.05) is 38.1 Å². The number of carbonyl (C=O) groups excluding carboxylic acids is 1. The summed E-state index contributed by atoms with van der Waals surface area (Å²) in [5.41, 5.74) is 2.89. The summed E-state index contributed by atoms with van der Waals surface area (Å²) in [5.74, 6) is 0.538. The SMILES string of the molecule is CC(C)c1ccc(-c2nc(C=O)cs2)cc1. The van der Waals surface area contributed by atoms with Crippen LogP contribution >= 0.6 is 11.3 Å². The highest BCUT2D eigenvalue weighted by Crippen LogP contribution is 2.25. The molecule has 0 radical (unpaired) electrons. The van der Waals surface area contributed by atoms with Crippen molar-refractivity contribution in [2.24, 2.45) is 0 Å². The molecule has 3 heteroatoms. The molecule has 0 amide bonds. The Labute approximate surface area is 99.0 Å². The molecule has 0 fully saturated rings. The van der Waals surface area contributed by atoms with Gasteiger partial charge in [0.1, 0.15) is 10.7 Å². The van der Waals surface area contributed by atoms with Gasteiger partial charge in [-0.2, -0.15) is 0 Å². The van der Waals surface area contributed by atoms with Crippen LogP contribution in [0.15, 0.2) is 29.6 Å². The topological polar surface area (TPSA) is 30.0 Å². The fourth-order valence-corrected chi connectivity index (χ4v) is 2.25. The predicted octanol–water partition coefficient (Wildman–Crippen LogP) is 3.75. The van der Waals surface area contributed by atoms with Crippen molar-refractivity contribution in [2.75, 3.05) is 0 Å². The third-order valence-electron chi connectivity index (χ3n) is 2.47. The summed E-state index contributed by atoms with van der Waals surface area (Å²) < 4.78 is 0. The van der Waals surface area contributed by atoms with E-state index in [1.54, 1.807) is 5.38 Å². The molecule has 0 aliphatic rings. The fourth-order valence-electron chi connectivity index (χ4n) is 1.48. The number of hydrogen-bond donors (Lipinski definition) is 0. The third kappa shape index (κ3) is 2.19. The second-order valence-corrected chi connectivity index (χ2v) is 4.83. The van der Waals surface area contributed by atoms with Crippen LogP contribution in [0.1, 0.15) is 35.8 Å². The van der Waals surface area contributed by atoms with Gasteiger partial charge in [0.15, 0.2) is 6.29 Å². The number of benzene rings is 1. The van der Waals surface area contributed by atoms with E-state index < -0.39 is 0 Å². The first kappa shape index (κ1) is 11.0. The minimum atomic E-state index is 0.507. The number of hydrogen-bond acceptors (Lipinski definition) is 3. The standard InChI is InChI=1S/C13H13NOS/c1-9(2)10-3-5-11(6-4-10)13-14-12(7-15)8-16-13/h3-9H,1-2H3. The Hall–Kier alpha value is -1.48. The van der Waals surface area contributed by atoms with Crippen LogP contribution in [0.25, 0.3) is 10.6 Å². The summed E-state index contributed by atoms with van der Waals surface area (Å²) in [6.45, 7) is 4.34. The maximum Gasteiger partial charge on any atom is 0.169 e. The van der Waals surface area contributed by atoms with Crippen molar-refractivity contribution < 1.29 is 4.79 Å². The van der Waals surface area contributed by atoms with Crippen LogP contribution in [-0.2, 0) is 0 Å². The molecule has 16 heavy (non-hydrogen) atoms. The lowest BCUT2D eigenvalue weighted by Gasteiger charge is -2.05. The quantitative estimate of drug-likeness (QED) is 0.753. The first-order chi connectivity index (χ1) is 7.70. The Bertz CT molecular complexity index is 485. The molecule has 0 saturated carbocycles. The molecule has 0 N–H and O–H groups in total. The van der Waals surface area contributed by atoms with Crippen LogP contribution in [0, 0.1) is 0 Å². The molecule has 1 aromatic heterocycles. The van der Waals surface area contributed by atoms with Gasteiger partial charge in [-0.3, -0.25) is 4.79 Å². The van der Waals surface area contributed by atoms with Gasteiger partial charge in [-0.25, -0.2) is 4.98 Å². The molecule has 0 bridgehead atoms. The summed E-state index contributed by atoms with van der Waals surface area (Å²) in [6.07, 6.45) is 0.780. The second-order valence-electron chi connectivity index (χ2n) is 3.97. The number of carbonyl (C=O) groups is 1. The third-order valence-corrected chi connectivity index (χ3v) is 3.38. The van der Waals surface area contributed by atoms with Gasteiger partial charge in [-0.15, -0.1) is 11.3 Å². The van der Waals surface area contributed by atoms with Crippen molar-refractivity contribution >= 4 is 17.6 Å².